The number of nitrogens with zero attached hydrogens (tertiary/aromatic N) is 6. The molecule has 2 aromatic heterocycles. The molecular weight excluding hydrogens is 594 g/mol. The first kappa shape index (κ1) is 30.8. The molecule has 5 rings (SSSR count). The Morgan fingerprint density at radius 1 is 0.900 bits per heavy atom. The van der Waals surface area contributed by atoms with Crippen LogP contribution < -0.4 is 0 Å². The summed E-state index contributed by atoms with van der Waals surface area (Å²) in [4.78, 5) is 7.93. The zero-order valence-electron chi connectivity index (χ0n) is 22.4. The van der Waals surface area contributed by atoms with Crippen molar-refractivity contribution in [1.82, 2.24) is 29.5 Å². The molecule has 1 aliphatic heterocycles. The van der Waals surface area contributed by atoms with Crippen LogP contribution in [0, 0.1) is 0 Å². The summed E-state index contributed by atoms with van der Waals surface area (Å²) >= 11 is 24.6. The molecule has 0 saturated carbocycles. The van der Waals surface area contributed by atoms with Crippen LogP contribution >= 0.6 is 46.4 Å². The topological polar surface area (TPSA) is 79.9 Å². The van der Waals surface area contributed by atoms with E-state index in [0.717, 1.165) is 48.4 Å². The smallest absolute Gasteiger partial charge is 0.217 e. The van der Waals surface area contributed by atoms with Gasteiger partial charge in [-0.3, -0.25) is 4.68 Å². The predicted molar refractivity (Wildman–Crippen MR) is 158 cm³/mol. The lowest BCUT2D eigenvalue weighted by atomic mass is 9.94. The fourth-order valence-electron chi connectivity index (χ4n) is 4.74. The van der Waals surface area contributed by atoms with Crippen molar-refractivity contribution in [2.24, 2.45) is 0 Å². The van der Waals surface area contributed by atoms with Crippen molar-refractivity contribution in [3.8, 4) is 0 Å². The number of halogens is 4. The first-order valence-corrected chi connectivity index (χ1v) is 14.7. The molecule has 0 amide bonds. The SMILES string of the molecule is CCCC(Cn1cncn1)c1ccc(Cl)cc1Cl.CCCC1COC(Cn2cncn2)(c2ccc(Cl)cc2Cl)O1. The second-order valence-corrected chi connectivity index (χ2v) is 11.3. The summed E-state index contributed by atoms with van der Waals surface area (Å²) in [5.41, 5.74) is 1.88. The third-order valence-electron chi connectivity index (χ3n) is 6.56. The molecule has 3 unspecified atom stereocenters. The van der Waals surface area contributed by atoms with E-state index in [0.29, 0.717) is 34.1 Å². The van der Waals surface area contributed by atoms with Gasteiger partial charge in [0.15, 0.2) is 0 Å². The molecular formula is C28H32Cl4N6O2. The molecule has 214 valence electrons. The van der Waals surface area contributed by atoms with E-state index in [2.05, 4.69) is 34.0 Å². The molecule has 0 bridgehead atoms. The summed E-state index contributed by atoms with van der Waals surface area (Å²) in [6, 6.07) is 11.0. The maximum absolute atomic E-state index is 6.37. The number of hydrogen-bond acceptors (Lipinski definition) is 6. The normalized spacial score (nSPS) is 19.3. The molecule has 1 fully saturated rings. The molecule has 0 N–H and O–H groups in total. The fourth-order valence-corrected chi connectivity index (χ4v) is 5.86. The van der Waals surface area contributed by atoms with Crippen molar-refractivity contribution in [1.29, 1.82) is 0 Å². The summed E-state index contributed by atoms with van der Waals surface area (Å²) in [5.74, 6) is -0.628. The maximum atomic E-state index is 6.37. The Balaban J connectivity index is 0.000000189. The van der Waals surface area contributed by atoms with E-state index in [9.17, 15) is 0 Å². The summed E-state index contributed by atoms with van der Waals surface area (Å²) in [7, 11) is 0. The first-order chi connectivity index (χ1) is 19.3. The predicted octanol–water partition coefficient (Wildman–Crippen LogP) is 7.82. The molecule has 3 atom stereocenters. The highest BCUT2D eigenvalue weighted by Crippen LogP contribution is 2.41. The Hall–Kier alpha value is -2.20. The van der Waals surface area contributed by atoms with Crippen LogP contribution in [0.5, 0.6) is 0 Å². The number of aromatic nitrogens is 6. The highest BCUT2D eigenvalue weighted by atomic mass is 35.5. The van der Waals surface area contributed by atoms with Gasteiger partial charge in [-0.05, 0) is 42.7 Å². The first-order valence-electron chi connectivity index (χ1n) is 13.2. The lowest BCUT2D eigenvalue weighted by Gasteiger charge is -2.29. The van der Waals surface area contributed by atoms with Gasteiger partial charge in [-0.15, -0.1) is 0 Å². The van der Waals surface area contributed by atoms with Crippen molar-refractivity contribution < 1.29 is 9.47 Å². The van der Waals surface area contributed by atoms with E-state index >= 15 is 0 Å². The number of ether oxygens (including phenoxy) is 2. The highest BCUT2D eigenvalue weighted by molar-refractivity contribution is 6.35. The molecule has 3 heterocycles. The van der Waals surface area contributed by atoms with Crippen LogP contribution in [0.1, 0.15) is 56.6 Å². The van der Waals surface area contributed by atoms with E-state index in [1.807, 2.05) is 22.9 Å². The van der Waals surface area contributed by atoms with Gasteiger partial charge in [-0.2, -0.15) is 10.2 Å². The molecule has 12 heteroatoms. The van der Waals surface area contributed by atoms with Gasteiger partial charge < -0.3 is 9.47 Å². The van der Waals surface area contributed by atoms with E-state index in [1.54, 1.807) is 41.9 Å². The van der Waals surface area contributed by atoms with Crippen LogP contribution in [-0.2, 0) is 28.4 Å². The molecule has 0 aliphatic carbocycles. The lowest BCUT2D eigenvalue weighted by molar-refractivity contribution is -0.189. The minimum absolute atomic E-state index is 0.0419. The van der Waals surface area contributed by atoms with Gasteiger partial charge in [0.1, 0.15) is 31.9 Å². The number of hydrogen-bond donors (Lipinski definition) is 0. The average Bonchev–Trinajstić information content (AvgIpc) is 3.69. The van der Waals surface area contributed by atoms with Crippen molar-refractivity contribution in [2.45, 2.75) is 70.4 Å². The molecule has 1 saturated heterocycles. The van der Waals surface area contributed by atoms with E-state index < -0.39 is 5.79 Å². The minimum atomic E-state index is -0.963. The van der Waals surface area contributed by atoms with Crippen LogP contribution in [0.25, 0.3) is 0 Å². The second kappa shape index (κ2) is 14.6. The maximum Gasteiger partial charge on any atom is 0.217 e. The Kier molecular flexibility index (Phi) is 11.2. The zero-order valence-corrected chi connectivity index (χ0v) is 25.4. The van der Waals surface area contributed by atoms with Crippen molar-refractivity contribution >= 4 is 46.4 Å². The Bertz CT molecular complexity index is 1340. The summed E-state index contributed by atoms with van der Waals surface area (Å²) in [6.07, 6.45) is 10.5. The Labute approximate surface area is 254 Å². The second-order valence-electron chi connectivity index (χ2n) is 9.58. The highest BCUT2D eigenvalue weighted by Gasteiger charge is 2.45. The van der Waals surface area contributed by atoms with Gasteiger partial charge in [0.05, 0.1) is 17.7 Å². The number of benzene rings is 2. The van der Waals surface area contributed by atoms with Crippen LogP contribution in [0.4, 0.5) is 0 Å². The largest absolute Gasteiger partial charge is 0.342 e. The van der Waals surface area contributed by atoms with Crippen LogP contribution in [0.2, 0.25) is 20.1 Å². The van der Waals surface area contributed by atoms with Gasteiger partial charge in [-0.25, -0.2) is 14.6 Å². The fraction of sp³-hybridized carbons (Fsp3) is 0.429. The lowest BCUT2D eigenvalue weighted by Crippen LogP contribution is -2.34. The summed E-state index contributed by atoms with van der Waals surface area (Å²) in [5, 5.41) is 10.8. The van der Waals surface area contributed by atoms with E-state index in [1.165, 1.54) is 6.33 Å². The standard InChI is InChI=1S/C15H17Cl2N3O2.C13H15Cl2N3/c1-2-3-12-7-21-15(22-12,8-20-10-18-9-19-20)13-5-4-11(16)6-14(13)17;1-2-3-10(7-18-9-16-8-17-18)12-5-4-11(14)6-13(12)15/h4-6,9-10,12H,2-3,7-8H2,1H3;4-6,8-10H,2-3,7H2,1H3. The third kappa shape index (κ3) is 7.96. The molecule has 2 aromatic carbocycles. The van der Waals surface area contributed by atoms with Gasteiger partial charge >= 0.3 is 0 Å². The zero-order chi connectivity index (χ0) is 28.5. The monoisotopic (exact) mass is 624 g/mol. The van der Waals surface area contributed by atoms with E-state index in [4.69, 9.17) is 55.9 Å². The average molecular weight is 626 g/mol. The van der Waals surface area contributed by atoms with Crippen molar-refractivity contribution in [3.05, 3.63) is 92.9 Å². The van der Waals surface area contributed by atoms with E-state index in [-0.39, 0.29) is 6.10 Å². The van der Waals surface area contributed by atoms with Crippen LogP contribution in [-0.4, -0.2) is 42.2 Å². The van der Waals surface area contributed by atoms with Gasteiger partial charge in [0.2, 0.25) is 5.79 Å². The molecule has 1 aliphatic rings. The molecule has 40 heavy (non-hydrogen) atoms. The quantitative estimate of drug-likeness (QED) is 0.179. The molecule has 8 nitrogen and oxygen atoms in total. The molecule has 4 aromatic rings. The molecule has 0 radical (unpaired) electrons. The molecule has 0 spiro atoms. The van der Waals surface area contributed by atoms with Crippen LogP contribution in [0.15, 0.2) is 61.7 Å². The van der Waals surface area contributed by atoms with Gasteiger partial charge in [0.25, 0.3) is 0 Å². The number of rotatable bonds is 10. The van der Waals surface area contributed by atoms with Crippen LogP contribution in [0.3, 0.4) is 0 Å². The summed E-state index contributed by atoms with van der Waals surface area (Å²) < 4.78 is 15.8. The van der Waals surface area contributed by atoms with Gasteiger partial charge in [0, 0.05) is 33.1 Å². The van der Waals surface area contributed by atoms with Crippen molar-refractivity contribution in [2.75, 3.05) is 6.61 Å². The summed E-state index contributed by atoms with van der Waals surface area (Å²) in [6.45, 7) is 5.99. The van der Waals surface area contributed by atoms with Crippen molar-refractivity contribution in [3.63, 3.8) is 0 Å². The minimum Gasteiger partial charge on any atom is -0.342 e. The Morgan fingerprint density at radius 3 is 2.17 bits per heavy atom. The van der Waals surface area contributed by atoms with Gasteiger partial charge in [-0.1, -0.05) is 85.2 Å². The third-order valence-corrected chi connectivity index (χ3v) is 7.67. The Morgan fingerprint density at radius 2 is 1.57 bits per heavy atom.